The molecule has 2 rings (SSSR count). The number of carbonyl (C=O) groups is 2. The molecule has 1 heterocycles. The highest BCUT2D eigenvalue weighted by Gasteiger charge is 2.19. The van der Waals surface area contributed by atoms with Crippen molar-refractivity contribution in [1.82, 2.24) is 10.0 Å². The maximum atomic E-state index is 12.6. The van der Waals surface area contributed by atoms with Crippen molar-refractivity contribution >= 4 is 33.5 Å². The summed E-state index contributed by atoms with van der Waals surface area (Å²) in [5.41, 5.74) is 5.27. The monoisotopic (exact) mass is 381 g/mol. The van der Waals surface area contributed by atoms with E-state index < -0.39 is 28.0 Å². The third-order valence-electron chi connectivity index (χ3n) is 3.79. The SMILES string of the molecule is CC(NC(N)=O)C(=O)Nc1cccc(S(=O)(=O)NC2=NCCCCC2)c1. The van der Waals surface area contributed by atoms with Gasteiger partial charge in [0.05, 0.1) is 4.90 Å². The van der Waals surface area contributed by atoms with Gasteiger partial charge in [-0.1, -0.05) is 12.5 Å². The second-order valence-electron chi connectivity index (χ2n) is 5.99. The molecule has 1 aliphatic heterocycles. The van der Waals surface area contributed by atoms with E-state index in [1.807, 2.05) is 0 Å². The van der Waals surface area contributed by atoms with Crippen LogP contribution in [0.5, 0.6) is 0 Å². The molecule has 9 nitrogen and oxygen atoms in total. The maximum absolute atomic E-state index is 12.6. The molecule has 0 bridgehead atoms. The van der Waals surface area contributed by atoms with E-state index in [1.54, 1.807) is 6.07 Å². The molecule has 5 N–H and O–H groups in total. The fraction of sp³-hybridized carbons (Fsp3) is 0.438. The first-order chi connectivity index (χ1) is 12.3. The molecule has 0 spiro atoms. The molecule has 0 radical (unpaired) electrons. The van der Waals surface area contributed by atoms with Crippen LogP contribution in [-0.4, -0.2) is 38.8 Å². The number of carbonyl (C=O) groups excluding carboxylic acids is 2. The van der Waals surface area contributed by atoms with Crippen LogP contribution in [0.1, 0.15) is 32.6 Å². The highest BCUT2D eigenvalue weighted by Crippen LogP contribution is 2.17. The van der Waals surface area contributed by atoms with Gasteiger partial charge in [-0.3, -0.25) is 14.5 Å². The zero-order chi connectivity index (χ0) is 19.2. The number of benzene rings is 1. The van der Waals surface area contributed by atoms with Crippen LogP contribution < -0.4 is 21.1 Å². The molecule has 26 heavy (non-hydrogen) atoms. The number of aliphatic imine (C=N–C) groups is 1. The zero-order valence-electron chi connectivity index (χ0n) is 14.5. The smallest absolute Gasteiger partial charge is 0.312 e. The number of amides is 3. The Kier molecular flexibility index (Phi) is 6.56. The van der Waals surface area contributed by atoms with Crippen LogP contribution >= 0.6 is 0 Å². The minimum absolute atomic E-state index is 0.0118. The van der Waals surface area contributed by atoms with E-state index >= 15 is 0 Å². The number of nitrogens with zero attached hydrogens (tertiary/aromatic N) is 1. The zero-order valence-corrected chi connectivity index (χ0v) is 15.3. The Morgan fingerprint density at radius 3 is 2.73 bits per heavy atom. The van der Waals surface area contributed by atoms with Crippen molar-refractivity contribution in [2.24, 2.45) is 10.7 Å². The molecule has 1 unspecified atom stereocenters. The van der Waals surface area contributed by atoms with Crippen molar-refractivity contribution in [3.05, 3.63) is 24.3 Å². The number of rotatable bonds is 5. The number of anilines is 1. The van der Waals surface area contributed by atoms with Crippen LogP contribution in [0, 0.1) is 0 Å². The predicted molar refractivity (Wildman–Crippen MR) is 98.3 cm³/mol. The Labute approximate surface area is 152 Å². The van der Waals surface area contributed by atoms with Gasteiger partial charge in [-0.15, -0.1) is 0 Å². The summed E-state index contributed by atoms with van der Waals surface area (Å²) in [6.07, 6.45) is 3.45. The van der Waals surface area contributed by atoms with Crippen molar-refractivity contribution < 1.29 is 18.0 Å². The molecule has 0 aromatic heterocycles. The number of amidine groups is 1. The van der Waals surface area contributed by atoms with Crippen LogP contribution in [0.4, 0.5) is 10.5 Å². The van der Waals surface area contributed by atoms with Crippen molar-refractivity contribution in [1.29, 1.82) is 0 Å². The largest absolute Gasteiger partial charge is 0.352 e. The molecular weight excluding hydrogens is 358 g/mol. The summed E-state index contributed by atoms with van der Waals surface area (Å²) in [5.74, 6) is -0.0596. The minimum atomic E-state index is -3.80. The first-order valence-electron chi connectivity index (χ1n) is 8.31. The quantitative estimate of drug-likeness (QED) is 0.601. The van der Waals surface area contributed by atoms with E-state index in [1.165, 1.54) is 25.1 Å². The average Bonchev–Trinajstić information content (AvgIpc) is 2.82. The molecule has 1 aromatic rings. The van der Waals surface area contributed by atoms with Crippen LogP contribution in [0.2, 0.25) is 0 Å². The fourth-order valence-electron chi connectivity index (χ4n) is 2.44. The third kappa shape index (κ3) is 5.73. The first-order valence-corrected chi connectivity index (χ1v) is 9.79. The Morgan fingerprint density at radius 2 is 2.00 bits per heavy atom. The standard InChI is InChI=1S/C16H23N5O4S/c1-11(19-16(17)23)15(22)20-12-6-5-7-13(10-12)26(24,25)21-14-8-3-2-4-9-18-14/h5-7,10-11H,2-4,8-9H2,1H3,(H,18,21)(H,20,22)(H3,17,19,23). The van der Waals surface area contributed by atoms with E-state index in [2.05, 4.69) is 20.3 Å². The van der Waals surface area contributed by atoms with Gasteiger partial charge in [-0.25, -0.2) is 13.2 Å². The summed E-state index contributed by atoms with van der Waals surface area (Å²) < 4.78 is 27.6. The first kappa shape index (κ1) is 19.7. The highest BCUT2D eigenvalue weighted by molar-refractivity contribution is 7.90. The number of hydrogen-bond donors (Lipinski definition) is 4. The lowest BCUT2D eigenvalue weighted by Gasteiger charge is -2.14. The van der Waals surface area contributed by atoms with Crippen LogP contribution in [0.3, 0.4) is 0 Å². The summed E-state index contributed by atoms with van der Waals surface area (Å²) >= 11 is 0. The number of urea groups is 1. The molecule has 1 aromatic carbocycles. The average molecular weight is 381 g/mol. The minimum Gasteiger partial charge on any atom is -0.352 e. The molecule has 0 saturated heterocycles. The molecule has 142 valence electrons. The molecule has 0 aliphatic carbocycles. The van der Waals surface area contributed by atoms with Gasteiger partial charge in [-0.05, 0) is 38.0 Å². The summed E-state index contributed by atoms with van der Waals surface area (Å²) in [7, 11) is -3.80. The Bertz CT molecular complexity index is 807. The number of sulfonamides is 1. The summed E-state index contributed by atoms with van der Waals surface area (Å²) in [5, 5.41) is 4.79. The van der Waals surface area contributed by atoms with Gasteiger partial charge in [0.2, 0.25) is 5.91 Å². The second-order valence-corrected chi connectivity index (χ2v) is 7.67. The van der Waals surface area contributed by atoms with Gasteiger partial charge in [0.1, 0.15) is 11.9 Å². The van der Waals surface area contributed by atoms with E-state index in [0.29, 0.717) is 24.5 Å². The van der Waals surface area contributed by atoms with Crippen molar-refractivity contribution in [2.45, 2.75) is 43.5 Å². The summed E-state index contributed by atoms with van der Waals surface area (Å²) in [6.45, 7) is 2.07. The number of nitrogens with two attached hydrogens (primary N) is 1. The van der Waals surface area contributed by atoms with Gasteiger partial charge >= 0.3 is 6.03 Å². The second kappa shape index (κ2) is 8.65. The van der Waals surface area contributed by atoms with Crippen LogP contribution in [0.15, 0.2) is 34.2 Å². The lowest BCUT2D eigenvalue weighted by molar-refractivity contribution is -0.117. The van der Waals surface area contributed by atoms with E-state index in [9.17, 15) is 18.0 Å². The molecule has 1 atom stereocenters. The Balaban J connectivity index is 2.10. The van der Waals surface area contributed by atoms with E-state index in [4.69, 9.17) is 5.73 Å². The Hall–Kier alpha value is -2.62. The van der Waals surface area contributed by atoms with Gasteiger partial charge in [0.15, 0.2) is 0 Å². The summed E-state index contributed by atoms with van der Waals surface area (Å²) in [6, 6.07) is 4.17. The molecule has 3 amide bonds. The molecule has 0 saturated carbocycles. The molecular formula is C16H23N5O4S. The Morgan fingerprint density at radius 1 is 1.23 bits per heavy atom. The normalized spacial score (nSPS) is 16.0. The van der Waals surface area contributed by atoms with E-state index in [0.717, 1.165) is 19.3 Å². The van der Waals surface area contributed by atoms with Gasteiger partial charge in [-0.2, -0.15) is 0 Å². The number of primary amides is 1. The van der Waals surface area contributed by atoms with Gasteiger partial charge < -0.3 is 16.4 Å². The fourth-order valence-corrected chi connectivity index (χ4v) is 3.58. The molecule has 10 heteroatoms. The molecule has 1 aliphatic rings. The lowest BCUT2D eigenvalue weighted by Crippen LogP contribution is -2.44. The van der Waals surface area contributed by atoms with Gasteiger partial charge in [0, 0.05) is 18.7 Å². The van der Waals surface area contributed by atoms with Crippen LogP contribution in [0.25, 0.3) is 0 Å². The van der Waals surface area contributed by atoms with Crippen LogP contribution in [-0.2, 0) is 14.8 Å². The van der Waals surface area contributed by atoms with E-state index in [-0.39, 0.29) is 4.90 Å². The number of hydrogen-bond acceptors (Lipinski definition) is 5. The predicted octanol–water partition coefficient (Wildman–Crippen LogP) is 0.933. The van der Waals surface area contributed by atoms with Crippen molar-refractivity contribution in [3.63, 3.8) is 0 Å². The maximum Gasteiger partial charge on any atom is 0.312 e. The summed E-state index contributed by atoms with van der Waals surface area (Å²) in [4.78, 5) is 27.1. The topological polar surface area (TPSA) is 143 Å². The van der Waals surface area contributed by atoms with Gasteiger partial charge in [0.25, 0.3) is 10.0 Å². The van der Waals surface area contributed by atoms with Crippen molar-refractivity contribution in [2.75, 3.05) is 11.9 Å². The lowest BCUT2D eigenvalue weighted by atomic mass is 10.2. The van der Waals surface area contributed by atoms with Crippen molar-refractivity contribution in [3.8, 4) is 0 Å². The number of nitrogens with one attached hydrogen (secondary N) is 3. The third-order valence-corrected chi connectivity index (χ3v) is 5.17. The molecule has 0 fully saturated rings. The highest BCUT2D eigenvalue weighted by atomic mass is 32.2.